The lowest BCUT2D eigenvalue weighted by atomic mass is 9.97. The lowest BCUT2D eigenvalue weighted by molar-refractivity contribution is -0.141. The summed E-state index contributed by atoms with van der Waals surface area (Å²) in [5, 5.41) is 10.7. The van der Waals surface area contributed by atoms with Crippen LogP contribution in [0.2, 0.25) is 0 Å². The first-order valence-corrected chi connectivity index (χ1v) is 5.47. The van der Waals surface area contributed by atoms with Crippen LogP contribution in [0.4, 0.5) is 0 Å². The van der Waals surface area contributed by atoms with Crippen molar-refractivity contribution in [2.75, 3.05) is 13.2 Å². The smallest absolute Gasteiger partial charge is 0.210 e. The highest BCUT2D eigenvalue weighted by atomic mass is 35.5. The summed E-state index contributed by atoms with van der Waals surface area (Å²) in [6.45, 7) is 4.50. The van der Waals surface area contributed by atoms with E-state index in [1.54, 1.807) is 6.08 Å². The number of aliphatic hydroxyl groups is 1. The third-order valence-electron chi connectivity index (χ3n) is 2.70. The third kappa shape index (κ3) is 1.63. The molecule has 15 heavy (non-hydrogen) atoms. The van der Waals surface area contributed by atoms with E-state index in [9.17, 15) is 5.11 Å². The van der Waals surface area contributed by atoms with Crippen molar-refractivity contribution in [2.45, 2.75) is 24.2 Å². The van der Waals surface area contributed by atoms with Gasteiger partial charge in [-0.1, -0.05) is 29.3 Å². The maximum Gasteiger partial charge on any atom is 0.210 e. The lowest BCUT2D eigenvalue weighted by Crippen LogP contribution is -2.35. The molecule has 1 aliphatic heterocycles. The fraction of sp³-hybridized carbons (Fsp3) is 0.600. The molecule has 2 aliphatic rings. The largest absolute Gasteiger partial charge is 0.384 e. The average Bonchev–Trinajstić information content (AvgIpc) is 2.70. The van der Waals surface area contributed by atoms with E-state index in [0.717, 1.165) is 0 Å². The van der Waals surface area contributed by atoms with E-state index in [4.69, 9.17) is 32.7 Å². The van der Waals surface area contributed by atoms with Crippen LogP contribution in [0.25, 0.3) is 0 Å². The molecule has 0 aromatic heterocycles. The van der Waals surface area contributed by atoms with Gasteiger partial charge in [0.05, 0.1) is 23.3 Å². The predicted octanol–water partition coefficient (Wildman–Crippen LogP) is 2.13. The Labute approximate surface area is 98.3 Å². The molecular formula is C10H12Cl2O3. The van der Waals surface area contributed by atoms with Crippen molar-refractivity contribution in [2.24, 2.45) is 0 Å². The minimum atomic E-state index is -1.20. The van der Waals surface area contributed by atoms with E-state index in [1.165, 1.54) is 0 Å². The van der Waals surface area contributed by atoms with Gasteiger partial charge in [-0.3, -0.25) is 0 Å². The van der Waals surface area contributed by atoms with Gasteiger partial charge in [-0.15, -0.1) is 6.58 Å². The van der Waals surface area contributed by atoms with Crippen molar-refractivity contribution in [3.8, 4) is 0 Å². The molecule has 1 N–H and O–H groups in total. The molecular weight excluding hydrogens is 239 g/mol. The number of hydrogen-bond donors (Lipinski definition) is 1. The Morgan fingerprint density at radius 1 is 1.33 bits per heavy atom. The maximum atomic E-state index is 10.3. The van der Waals surface area contributed by atoms with Crippen LogP contribution in [0.1, 0.15) is 12.8 Å². The molecule has 0 radical (unpaired) electrons. The Bertz CT molecular complexity index is 321. The third-order valence-corrected chi connectivity index (χ3v) is 3.81. The fourth-order valence-corrected chi connectivity index (χ4v) is 2.64. The van der Waals surface area contributed by atoms with Gasteiger partial charge < -0.3 is 14.6 Å². The molecule has 0 saturated carbocycles. The van der Waals surface area contributed by atoms with Crippen LogP contribution in [-0.2, 0) is 9.47 Å². The molecule has 0 amide bonds. The molecule has 2 rings (SSSR count). The van der Waals surface area contributed by atoms with E-state index >= 15 is 0 Å². The zero-order valence-electron chi connectivity index (χ0n) is 8.13. The summed E-state index contributed by atoms with van der Waals surface area (Å²) in [5.41, 5.74) is -1.20. The van der Waals surface area contributed by atoms with Crippen molar-refractivity contribution in [1.29, 1.82) is 0 Å². The van der Waals surface area contributed by atoms with Crippen LogP contribution < -0.4 is 0 Å². The highest BCUT2D eigenvalue weighted by Crippen LogP contribution is 2.51. The van der Waals surface area contributed by atoms with Gasteiger partial charge in [0.1, 0.15) is 5.60 Å². The SMILES string of the molecule is C=CCC1(O)CC2(OCCO2)C(Cl)=C1Cl. The minimum Gasteiger partial charge on any atom is -0.384 e. The summed E-state index contributed by atoms with van der Waals surface area (Å²) in [6, 6.07) is 0. The van der Waals surface area contributed by atoms with Crippen molar-refractivity contribution in [1.82, 2.24) is 0 Å². The van der Waals surface area contributed by atoms with Gasteiger partial charge in [-0.2, -0.15) is 0 Å². The summed E-state index contributed by atoms with van der Waals surface area (Å²) >= 11 is 12.1. The summed E-state index contributed by atoms with van der Waals surface area (Å²) in [7, 11) is 0. The molecule has 1 fully saturated rings. The standard InChI is InChI=1S/C10H12Cl2O3/c1-2-3-9(13)6-10(8(12)7(9)11)14-4-5-15-10/h2,13H,1,3-6H2. The Kier molecular flexibility index (Phi) is 2.86. The molecule has 3 nitrogen and oxygen atoms in total. The number of halogens is 2. The van der Waals surface area contributed by atoms with Crippen LogP contribution in [0.5, 0.6) is 0 Å². The molecule has 1 heterocycles. The molecule has 0 aromatic rings. The molecule has 1 spiro atoms. The molecule has 0 aromatic carbocycles. The van der Waals surface area contributed by atoms with Crippen LogP contribution in [0, 0.1) is 0 Å². The molecule has 5 heteroatoms. The van der Waals surface area contributed by atoms with E-state index in [2.05, 4.69) is 6.58 Å². The van der Waals surface area contributed by atoms with Crippen molar-refractivity contribution in [3.63, 3.8) is 0 Å². The predicted molar refractivity (Wildman–Crippen MR) is 57.7 cm³/mol. The van der Waals surface area contributed by atoms with E-state index < -0.39 is 11.4 Å². The Morgan fingerprint density at radius 3 is 2.47 bits per heavy atom. The van der Waals surface area contributed by atoms with Gasteiger partial charge in [0.15, 0.2) is 0 Å². The van der Waals surface area contributed by atoms with Gasteiger partial charge in [-0.05, 0) is 6.42 Å². The van der Waals surface area contributed by atoms with Gasteiger partial charge in [-0.25, -0.2) is 0 Å². The van der Waals surface area contributed by atoms with Gasteiger partial charge in [0.2, 0.25) is 5.79 Å². The molecule has 1 atom stereocenters. The molecule has 1 unspecified atom stereocenters. The first-order chi connectivity index (χ1) is 7.04. The van der Waals surface area contributed by atoms with Crippen molar-refractivity contribution < 1.29 is 14.6 Å². The zero-order valence-corrected chi connectivity index (χ0v) is 9.64. The lowest BCUT2D eigenvalue weighted by Gasteiger charge is -2.26. The summed E-state index contributed by atoms with van der Waals surface area (Å²) in [5.74, 6) is -1.03. The summed E-state index contributed by atoms with van der Waals surface area (Å²) in [4.78, 5) is 0. The first-order valence-electron chi connectivity index (χ1n) is 4.71. The molecule has 84 valence electrons. The number of ether oxygens (including phenoxy) is 2. The van der Waals surface area contributed by atoms with Gasteiger partial charge >= 0.3 is 0 Å². The highest BCUT2D eigenvalue weighted by molar-refractivity contribution is 6.41. The molecule has 1 saturated heterocycles. The zero-order chi connectivity index (χ0) is 11.1. The average molecular weight is 251 g/mol. The molecule has 0 bridgehead atoms. The minimum absolute atomic E-state index is 0.200. The monoisotopic (exact) mass is 250 g/mol. The Hall–Kier alpha value is -0.0600. The molecule has 1 aliphatic carbocycles. The highest BCUT2D eigenvalue weighted by Gasteiger charge is 2.56. The van der Waals surface area contributed by atoms with E-state index in [-0.39, 0.29) is 16.5 Å². The summed E-state index contributed by atoms with van der Waals surface area (Å²) < 4.78 is 10.9. The number of rotatable bonds is 2. The van der Waals surface area contributed by atoms with Crippen molar-refractivity contribution >= 4 is 23.2 Å². The summed E-state index contributed by atoms with van der Waals surface area (Å²) in [6.07, 6.45) is 2.15. The van der Waals surface area contributed by atoms with Gasteiger partial charge in [0.25, 0.3) is 0 Å². The van der Waals surface area contributed by atoms with Crippen molar-refractivity contribution in [3.05, 3.63) is 22.7 Å². The Balaban J connectivity index is 2.33. The van der Waals surface area contributed by atoms with Crippen LogP contribution in [0.3, 0.4) is 0 Å². The fourth-order valence-electron chi connectivity index (χ4n) is 2.00. The van der Waals surface area contributed by atoms with Gasteiger partial charge in [0, 0.05) is 6.42 Å². The second kappa shape index (κ2) is 3.75. The number of hydrogen-bond acceptors (Lipinski definition) is 3. The van der Waals surface area contributed by atoms with Crippen LogP contribution >= 0.6 is 23.2 Å². The second-order valence-corrected chi connectivity index (χ2v) is 4.53. The second-order valence-electron chi connectivity index (χ2n) is 3.78. The normalized spacial score (nSPS) is 34.1. The topological polar surface area (TPSA) is 38.7 Å². The van der Waals surface area contributed by atoms with E-state index in [0.29, 0.717) is 19.6 Å². The maximum absolute atomic E-state index is 10.3. The first kappa shape index (κ1) is 11.4. The van der Waals surface area contributed by atoms with Crippen LogP contribution in [0.15, 0.2) is 22.7 Å². The quantitative estimate of drug-likeness (QED) is 0.764. The Morgan fingerprint density at radius 2 is 1.93 bits per heavy atom. The van der Waals surface area contributed by atoms with E-state index in [1.807, 2.05) is 0 Å². The van der Waals surface area contributed by atoms with Crippen LogP contribution in [-0.4, -0.2) is 29.7 Å².